The van der Waals surface area contributed by atoms with E-state index in [1.54, 1.807) is 11.4 Å². The number of guanidine groups is 1. The molecule has 1 atom stereocenters. The molecule has 1 N–H and O–H groups in total. The predicted octanol–water partition coefficient (Wildman–Crippen LogP) is 1.92. The van der Waals surface area contributed by atoms with Gasteiger partial charge in [0.15, 0.2) is 5.96 Å². The highest BCUT2D eigenvalue weighted by atomic mass is 32.2. The molecule has 2 rings (SSSR count). The van der Waals surface area contributed by atoms with Gasteiger partial charge in [-0.3, -0.25) is 4.99 Å². The molecule has 1 unspecified atom stereocenters. The molecule has 0 amide bonds. The molecule has 1 aliphatic carbocycles. The van der Waals surface area contributed by atoms with Crippen LogP contribution < -0.4 is 5.32 Å². The Kier molecular flexibility index (Phi) is 10.8. The summed E-state index contributed by atoms with van der Waals surface area (Å²) in [7, 11) is -1.49. The van der Waals surface area contributed by atoms with E-state index in [-0.39, 0.29) is 18.5 Å². The van der Waals surface area contributed by atoms with Crippen molar-refractivity contribution < 1.29 is 17.9 Å². The van der Waals surface area contributed by atoms with Gasteiger partial charge >= 0.3 is 0 Å². The largest absolute Gasteiger partial charge is 0.378 e. The summed E-state index contributed by atoms with van der Waals surface area (Å²) in [6, 6.07) is 0. The second kappa shape index (κ2) is 12.8. The van der Waals surface area contributed by atoms with Crippen LogP contribution >= 0.6 is 0 Å². The maximum atomic E-state index is 12.5. The number of nitrogens with zero attached hydrogens (tertiary/aromatic N) is 3. The van der Waals surface area contributed by atoms with Crippen LogP contribution in [0.2, 0.25) is 0 Å². The molecule has 0 aromatic rings. The Balaban J connectivity index is 1.76. The summed E-state index contributed by atoms with van der Waals surface area (Å²) in [6.07, 6.45) is 6.53. The summed E-state index contributed by atoms with van der Waals surface area (Å²) in [5.74, 6) is 1.57. The van der Waals surface area contributed by atoms with E-state index in [2.05, 4.69) is 22.1 Å². The first-order chi connectivity index (χ1) is 14.4. The molecule has 0 aromatic carbocycles. The lowest BCUT2D eigenvalue weighted by Gasteiger charge is -2.36. The molecule has 1 saturated heterocycles. The molecule has 0 aromatic heterocycles. The summed E-state index contributed by atoms with van der Waals surface area (Å²) in [5.41, 5.74) is 0. The number of rotatable bonds is 11. The zero-order valence-electron chi connectivity index (χ0n) is 19.3. The number of aliphatic imine (C=N–C) groups is 1. The average Bonchev–Trinajstić information content (AvgIpc) is 3.25. The smallest absolute Gasteiger partial charge is 0.216 e. The van der Waals surface area contributed by atoms with Gasteiger partial charge in [-0.15, -0.1) is 0 Å². The van der Waals surface area contributed by atoms with Gasteiger partial charge in [-0.25, -0.2) is 8.42 Å². The van der Waals surface area contributed by atoms with Crippen LogP contribution in [0, 0.1) is 5.92 Å². The topological polar surface area (TPSA) is 83.5 Å². The van der Waals surface area contributed by atoms with Crippen LogP contribution in [0.3, 0.4) is 0 Å². The monoisotopic (exact) mass is 446 g/mol. The van der Waals surface area contributed by atoms with Crippen LogP contribution in [0.1, 0.15) is 52.9 Å². The molecule has 2 aliphatic rings. The van der Waals surface area contributed by atoms with Gasteiger partial charge in [0.05, 0.1) is 24.6 Å². The molecule has 8 nitrogen and oxygen atoms in total. The number of hydrogen-bond acceptors (Lipinski definition) is 5. The first-order valence-corrected chi connectivity index (χ1v) is 13.1. The van der Waals surface area contributed by atoms with Crippen LogP contribution in [0.25, 0.3) is 0 Å². The number of ether oxygens (including phenoxy) is 2. The van der Waals surface area contributed by atoms with E-state index in [1.165, 1.54) is 25.7 Å². The van der Waals surface area contributed by atoms with Gasteiger partial charge in [0.2, 0.25) is 10.0 Å². The van der Waals surface area contributed by atoms with Crippen molar-refractivity contribution in [3.05, 3.63) is 0 Å². The average molecular weight is 447 g/mol. The molecular formula is C21H42N4O4S. The first kappa shape index (κ1) is 25.4. The normalized spacial score (nSPS) is 20.8. The molecule has 0 spiro atoms. The Morgan fingerprint density at radius 1 is 1.13 bits per heavy atom. The van der Waals surface area contributed by atoms with E-state index >= 15 is 0 Å². The maximum Gasteiger partial charge on any atom is 0.216 e. The van der Waals surface area contributed by atoms with Crippen LogP contribution in [0.5, 0.6) is 0 Å². The van der Waals surface area contributed by atoms with Crippen LogP contribution in [0.15, 0.2) is 4.99 Å². The molecule has 0 radical (unpaired) electrons. The molecule has 2 fully saturated rings. The fraction of sp³-hybridized carbons (Fsp3) is 0.952. The third-order valence-electron chi connectivity index (χ3n) is 5.95. The summed E-state index contributed by atoms with van der Waals surface area (Å²) in [6.45, 7) is 9.95. The first-order valence-electron chi connectivity index (χ1n) is 11.5. The minimum absolute atomic E-state index is 0.0398. The van der Waals surface area contributed by atoms with Crippen molar-refractivity contribution in [1.29, 1.82) is 0 Å². The zero-order valence-corrected chi connectivity index (χ0v) is 20.1. The van der Waals surface area contributed by atoms with Crippen molar-refractivity contribution >= 4 is 16.0 Å². The molecule has 176 valence electrons. The highest BCUT2D eigenvalue weighted by molar-refractivity contribution is 7.89. The quantitative estimate of drug-likeness (QED) is 0.386. The Morgan fingerprint density at radius 2 is 1.80 bits per heavy atom. The highest BCUT2D eigenvalue weighted by Gasteiger charge is 2.29. The summed E-state index contributed by atoms with van der Waals surface area (Å²) < 4.78 is 38.0. The Morgan fingerprint density at radius 3 is 2.37 bits per heavy atom. The van der Waals surface area contributed by atoms with Crippen molar-refractivity contribution in [2.45, 2.75) is 65.1 Å². The fourth-order valence-electron chi connectivity index (χ4n) is 4.35. The number of sulfonamides is 1. The third kappa shape index (κ3) is 7.98. The Labute approximate surface area is 183 Å². The number of nitrogens with one attached hydrogen (secondary N) is 1. The lowest BCUT2D eigenvalue weighted by atomic mass is 9.98. The third-order valence-corrected chi connectivity index (χ3v) is 7.79. The molecule has 9 heteroatoms. The summed E-state index contributed by atoms with van der Waals surface area (Å²) >= 11 is 0. The predicted molar refractivity (Wildman–Crippen MR) is 121 cm³/mol. The molecular weight excluding hydrogens is 404 g/mol. The number of hydrogen-bond donors (Lipinski definition) is 1. The Hall–Kier alpha value is -0.900. The van der Waals surface area contributed by atoms with Gasteiger partial charge in [-0.1, -0.05) is 12.8 Å². The highest BCUT2D eigenvalue weighted by Crippen LogP contribution is 2.30. The van der Waals surface area contributed by atoms with E-state index < -0.39 is 10.0 Å². The standard InChI is InChI=1S/C21H42N4O4S/c1-5-28-20(19-8-6-7-9-19)10-11-23-21(22-4)24-12-14-25(15-13-24)30(26,27)17-16-29-18(2)3/h18-20H,5-17H2,1-4H3,(H,22,23). The fourth-order valence-corrected chi connectivity index (χ4v) is 5.64. The summed E-state index contributed by atoms with van der Waals surface area (Å²) in [4.78, 5) is 6.55. The van der Waals surface area contributed by atoms with Gasteiger partial charge in [-0.2, -0.15) is 4.31 Å². The lowest BCUT2D eigenvalue weighted by molar-refractivity contribution is 0.0168. The maximum absolute atomic E-state index is 12.5. The van der Waals surface area contributed by atoms with Crippen molar-refractivity contribution in [3.63, 3.8) is 0 Å². The second-order valence-electron chi connectivity index (χ2n) is 8.42. The lowest BCUT2D eigenvalue weighted by Crippen LogP contribution is -2.54. The van der Waals surface area contributed by atoms with Crippen LogP contribution in [-0.2, 0) is 19.5 Å². The zero-order chi connectivity index (χ0) is 22.0. The Bertz CT molecular complexity index is 612. The minimum Gasteiger partial charge on any atom is -0.378 e. The van der Waals surface area contributed by atoms with Crippen molar-refractivity contribution in [1.82, 2.24) is 14.5 Å². The van der Waals surface area contributed by atoms with Crippen LogP contribution in [0.4, 0.5) is 0 Å². The van der Waals surface area contributed by atoms with Gasteiger partial charge in [0.25, 0.3) is 0 Å². The van der Waals surface area contributed by atoms with Gasteiger partial charge < -0.3 is 19.7 Å². The van der Waals surface area contributed by atoms with E-state index in [4.69, 9.17) is 9.47 Å². The summed E-state index contributed by atoms with van der Waals surface area (Å²) in [5, 5.41) is 3.46. The minimum atomic E-state index is -3.27. The van der Waals surface area contributed by atoms with E-state index in [0.717, 1.165) is 25.5 Å². The molecule has 1 aliphatic heterocycles. The molecule has 1 heterocycles. The van der Waals surface area contributed by atoms with E-state index in [1.807, 2.05) is 13.8 Å². The van der Waals surface area contributed by atoms with Crippen molar-refractivity contribution in [2.24, 2.45) is 10.9 Å². The van der Waals surface area contributed by atoms with Crippen molar-refractivity contribution in [3.8, 4) is 0 Å². The van der Waals surface area contributed by atoms with E-state index in [0.29, 0.717) is 38.2 Å². The molecule has 1 saturated carbocycles. The van der Waals surface area contributed by atoms with Gasteiger partial charge in [0, 0.05) is 46.4 Å². The van der Waals surface area contributed by atoms with Gasteiger partial charge in [0.1, 0.15) is 0 Å². The second-order valence-corrected chi connectivity index (χ2v) is 10.5. The van der Waals surface area contributed by atoms with Crippen molar-refractivity contribution in [2.75, 3.05) is 58.7 Å². The van der Waals surface area contributed by atoms with E-state index in [9.17, 15) is 8.42 Å². The van der Waals surface area contributed by atoms with Gasteiger partial charge in [-0.05, 0) is 46.0 Å². The molecule has 30 heavy (non-hydrogen) atoms. The van der Waals surface area contributed by atoms with Crippen LogP contribution in [-0.4, -0.2) is 94.5 Å². The number of piperazine rings is 1. The molecule has 0 bridgehead atoms. The SMILES string of the molecule is CCOC(CCNC(=NC)N1CCN(S(=O)(=O)CCOC(C)C)CC1)C1CCCC1.